The number of rotatable bonds is 5. The van der Waals surface area contributed by atoms with Crippen LogP contribution in [0.4, 0.5) is 0 Å². The molecule has 0 spiro atoms. The first kappa shape index (κ1) is 38.4. The van der Waals surface area contributed by atoms with Crippen molar-refractivity contribution >= 4 is 120 Å². The van der Waals surface area contributed by atoms with Crippen LogP contribution in [-0.4, -0.2) is 24.9 Å². The van der Waals surface area contributed by atoms with Crippen molar-refractivity contribution in [3.8, 4) is 56.2 Å². The number of halogens is 1. The average Bonchev–Trinajstić information content (AvgIpc) is 4.17. The molecule has 0 saturated heterocycles. The maximum Gasteiger partial charge on any atom is 0.223 e. The lowest BCUT2D eigenvalue weighted by molar-refractivity contribution is 0.669. The van der Waals surface area contributed by atoms with Crippen molar-refractivity contribution in [3.63, 3.8) is 0 Å². The van der Waals surface area contributed by atoms with Crippen LogP contribution in [0.25, 0.3) is 153 Å². The molecule has 0 aliphatic rings. The summed E-state index contributed by atoms with van der Waals surface area (Å²) in [5.41, 5.74) is 15.9. The summed E-state index contributed by atoms with van der Waals surface area (Å²) >= 11 is 8.40. The maximum absolute atomic E-state index is 6.66. The van der Waals surface area contributed by atoms with Gasteiger partial charge in [0.05, 0.1) is 32.7 Å². The minimum Gasteiger partial charge on any atom is -0.455 e. The van der Waals surface area contributed by atoms with Gasteiger partial charge in [0.15, 0.2) is 5.82 Å². The molecule has 1 N–H and O–H groups in total. The predicted octanol–water partition coefficient (Wildman–Crippen LogP) is 17.2. The zero-order valence-corrected chi connectivity index (χ0v) is 37.9. The molecule has 0 bridgehead atoms. The number of hydrogen-bond donors (Lipinski definition) is 1. The maximum atomic E-state index is 6.66. The van der Waals surface area contributed by atoms with E-state index in [2.05, 4.69) is 151 Å². The fourth-order valence-corrected chi connectivity index (χ4v) is 11.7. The van der Waals surface area contributed by atoms with Crippen molar-refractivity contribution < 1.29 is 8.83 Å². The summed E-state index contributed by atoms with van der Waals surface area (Å²) in [5.74, 6) is 0.632. The van der Waals surface area contributed by atoms with Gasteiger partial charge < -0.3 is 13.8 Å². The van der Waals surface area contributed by atoms with E-state index in [1.54, 1.807) is 11.3 Å². The standard InChI is InChI=1S/C60H32ClN5O2S/c61-60-63-48-29-36(25-27-43(48)53(66-60)34-22-20-32(21-23-34)37-14-8-15-41-39-12-4-6-18-50(39)67-56(37)41)35-24-26-38-45-31-52-46(30-49(45)62-47(38)28-35)55-58(69-52)54(33-10-2-1-3-11-33)64-59(65-55)44-17-9-16-42-40-13-5-7-19-51(40)68-57(42)44/h1-31,62H. The monoisotopic (exact) mass is 921 g/mol. The average molecular weight is 922 g/mol. The van der Waals surface area contributed by atoms with Crippen molar-refractivity contribution in [2.45, 2.75) is 0 Å². The van der Waals surface area contributed by atoms with Crippen LogP contribution in [-0.2, 0) is 0 Å². The van der Waals surface area contributed by atoms with Gasteiger partial charge in [0.1, 0.15) is 22.3 Å². The third kappa shape index (κ3) is 5.93. The van der Waals surface area contributed by atoms with E-state index in [0.717, 1.165) is 147 Å². The Morgan fingerprint density at radius 2 is 1.01 bits per heavy atom. The minimum atomic E-state index is 0.198. The number of thiophene rings is 1. The number of hydrogen-bond acceptors (Lipinski definition) is 7. The fourth-order valence-electron chi connectivity index (χ4n) is 10.3. The second-order valence-corrected chi connectivity index (χ2v) is 18.9. The van der Waals surface area contributed by atoms with Crippen LogP contribution in [0.3, 0.4) is 0 Å². The molecule has 6 heterocycles. The smallest absolute Gasteiger partial charge is 0.223 e. The Kier molecular flexibility index (Phi) is 8.16. The molecule has 0 unspecified atom stereocenters. The van der Waals surface area contributed by atoms with E-state index in [-0.39, 0.29) is 5.28 Å². The molecule has 69 heavy (non-hydrogen) atoms. The summed E-state index contributed by atoms with van der Waals surface area (Å²) in [5, 5.41) is 8.83. The molecule has 15 aromatic rings. The molecule has 6 aromatic heterocycles. The van der Waals surface area contributed by atoms with E-state index >= 15 is 0 Å². The van der Waals surface area contributed by atoms with Gasteiger partial charge in [-0.1, -0.05) is 140 Å². The summed E-state index contributed by atoms with van der Waals surface area (Å²) in [7, 11) is 0. The molecule has 0 amide bonds. The van der Waals surface area contributed by atoms with Gasteiger partial charge >= 0.3 is 0 Å². The Morgan fingerprint density at radius 1 is 0.406 bits per heavy atom. The van der Waals surface area contributed by atoms with Crippen LogP contribution >= 0.6 is 22.9 Å². The van der Waals surface area contributed by atoms with Gasteiger partial charge in [0.25, 0.3) is 0 Å². The Hall–Kier alpha value is -8.69. The van der Waals surface area contributed by atoms with E-state index < -0.39 is 0 Å². The Morgan fingerprint density at radius 3 is 1.78 bits per heavy atom. The van der Waals surface area contributed by atoms with Gasteiger partial charge in [-0.05, 0) is 76.8 Å². The highest BCUT2D eigenvalue weighted by Gasteiger charge is 2.22. The van der Waals surface area contributed by atoms with Crippen LogP contribution in [0.15, 0.2) is 197 Å². The topological polar surface area (TPSA) is 93.6 Å². The number of fused-ring (bicyclic) bond motifs is 13. The third-order valence-electron chi connectivity index (χ3n) is 13.6. The van der Waals surface area contributed by atoms with Crippen LogP contribution < -0.4 is 0 Å². The van der Waals surface area contributed by atoms with Gasteiger partial charge in [-0.2, -0.15) is 0 Å². The third-order valence-corrected chi connectivity index (χ3v) is 14.9. The summed E-state index contributed by atoms with van der Waals surface area (Å²) in [4.78, 5) is 23.9. The number of nitrogens with one attached hydrogen (secondary N) is 1. The van der Waals surface area contributed by atoms with Crippen LogP contribution in [0.1, 0.15) is 0 Å². The summed E-state index contributed by atoms with van der Waals surface area (Å²) in [6.45, 7) is 0. The summed E-state index contributed by atoms with van der Waals surface area (Å²) < 4.78 is 15.0. The number of para-hydroxylation sites is 4. The van der Waals surface area contributed by atoms with Gasteiger partial charge in [0.2, 0.25) is 5.28 Å². The van der Waals surface area contributed by atoms with Crippen molar-refractivity contribution in [3.05, 3.63) is 193 Å². The van der Waals surface area contributed by atoms with E-state index in [0.29, 0.717) is 5.82 Å². The number of H-pyrrole nitrogens is 1. The Balaban J connectivity index is 0.809. The van der Waals surface area contributed by atoms with Crippen molar-refractivity contribution in [1.29, 1.82) is 0 Å². The first-order chi connectivity index (χ1) is 34.1. The van der Waals surface area contributed by atoms with Gasteiger partial charge in [-0.15, -0.1) is 11.3 Å². The summed E-state index contributed by atoms with van der Waals surface area (Å²) in [6, 6.07) is 65.1. The second kappa shape index (κ2) is 14.7. The molecule has 0 aliphatic carbocycles. The molecule has 0 fully saturated rings. The zero-order valence-electron chi connectivity index (χ0n) is 36.3. The second-order valence-electron chi connectivity index (χ2n) is 17.5. The normalized spacial score (nSPS) is 12.1. The molecular weight excluding hydrogens is 890 g/mol. The number of benzene rings is 9. The molecule has 322 valence electrons. The largest absolute Gasteiger partial charge is 0.455 e. The highest BCUT2D eigenvalue weighted by atomic mass is 35.5. The number of aromatic nitrogens is 5. The lowest BCUT2D eigenvalue weighted by Gasteiger charge is -2.10. The Bertz CT molecular complexity index is 4630. The number of nitrogens with zero attached hydrogens (tertiary/aromatic N) is 4. The lowest BCUT2D eigenvalue weighted by Crippen LogP contribution is -1.93. The van der Waals surface area contributed by atoms with Crippen LogP contribution in [0.2, 0.25) is 5.28 Å². The van der Waals surface area contributed by atoms with Crippen molar-refractivity contribution in [2.75, 3.05) is 0 Å². The quantitative estimate of drug-likeness (QED) is 0.173. The molecule has 0 radical (unpaired) electrons. The van der Waals surface area contributed by atoms with E-state index in [9.17, 15) is 0 Å². The van der Waals surface area contributed by atoms with Crippen LogP contribution in [0, 0.1) is 0 Å². The predicted molar refractivity (Wildman–Crippen MR) is 284 cm³/mol. The first-order valence-electron chi connectivity index (χ1n) is 22.7. The molecule has 0 atom stereocenters. The van der Waals surface area contributed by atoms with E-state index in [4.69, 9.17) is 40.4 Å². The number of aromatic amines is 1. The van der Waals surface area contributed by atoms with Gasteiger partial charge in [-0.3, -0.25) is 0 Å². The molecular formula is C60H32ClN5O2S. The minimum absolute atomic E-state index is 0.198. The first-order valence-corrected chi connectivity index (χ1v) is 23.9. The van der Waals surface area contributed by atoms with Crippen LogP contribution in [0.5, 0.6) is 0 Å². The van der Waals surface area contributed by atoms with E-state index in [1.807, 2.05) is 42.5 Å². The molecule has 9 heteroatoms. The molecule has 0 saturated carbocycles. The SMILES string of the molecule is Clc1nc(-c2ccc(-c3cccc4c3oc3ccccc34)cc2)c2ccc(-c3ccc4c(c3)[nH]c3cc5c(cc34)sc3c(-c4ccccc4)nc(-c4cccc6c4oc4ccccc46)nc35)cc2n1. The molecule has 7 nitrogen and oxygen atoms in total. The molecule has 0 aliphatic heterocycles. The summed E-state index contributed by atoms with van der Waals surface area (Å²) in [6.07, 6.45) is 0. The lowest BCUT2D eigenvalue weighted by atomic mass is 9.98. The van der Waals surface area contributed by atoms with Crippen molar-refractivity contribution in [1.82, 2.24) is 24.9 Å². The highest BCUT2D eigenvalue weighted by molar-refractivity contribution is 7.26. The molecule has 15 rings (SSSR count). The van der Waals surface area contributed by atoms with Crippen molar-refractivity contribution in [2.24, 2.45) is 0 Å². The van der Waals surface area contributed by atoms with Gasteiger partial charge in [0, 0.05) is 75.5 Å². The van der Waals surface area contributed by atoms with E-state index in [1.165, 1.54) is 0 Å². The Labute approximate surface area is 400 Å². The highest BCUT2D eigenvalue weighted by Crippen LogP contribution is 2.44. The fraction of sp³-hybridized carbons (Fsp3) is 0. The number of furan rings is 2. The molecule has 9 aromatic carbocycles. The van der Waals surface area contributed by atoms with Gasteiger partial charge in [-0.25, -0.2) is 19.9 Å². The zero-order chi connectivity index (χ0) is 45.3.